The zero-order valence-electron chi connectivity index (χ0n) is 12.9. The third-order valence-electron chi connectivity index (χ3n) is 3.94. The molecule has 1 saturated heterocycles. The van der Waals surface area contributed by atoms with Gasteiger partial charge >= 0.3 is 5.69 Å². The summed E-state index contributed by atoms with van der Waals surface area (Å²) in [4.78, 5) is 19.9. The maximum absolute atomic E-state index is 13.9. The van der Waals surface area contributed by atoms with Gasteiger partial charge in [0.25, 0.3) is 0 Å². The highest BCUT2D eigenvalue weighted by molar-refractivity contribution is 5.54. The highest BCUT2D eigenvalue weighted by atomic mass is 19.1. The van der Waals surface area contributed by atoms with E-state index in [0.29, 0.717) is 12.2 Å². The van der Waals surface area contributed by atoms with Crippen LogP contribution in [0.25, 0.3) is 0 Å². The van der Waals surface area contributed by atoms with Gasteiger partial charge in [-0.05, 0) is 25.0 Å². The van der Waals surface area contributed by atoms with E-state index in [1.54, 1.807) is 18.2 Å². The molecule has 2 heterocycles. The van der Waals surface area contributed by atoms with Crippen molar-refractivity contribution < 1.29 is 9.31 Å². The number of nitrogens with two attached hydrogens (primary N) is 1. The van der Waals surface area contributed by atoms with Crippen molar-refractivity contribution in [3.05, 3.63) is 46.4 Å². The number of aromatic nitrogens is 2. The van der Waals surface area contributed by atoms with Crippen molar-refractivity contribution in [1.29, 1.82) is 0 Å². The normalized spacial score (nSPS) is 17.5. The summed E-state index contributed by atoms with van der Waals surface area (Å²) >= 11 is 0. The first-order chi connectivity index (χ1) is 11.5. The Balaban J connectivity index is 1.71. The van der Waals surface area contributed by atoms with Crippen LogP contribution >= 0.6 is 0 Å². The third kappa shape index (κ3) is 3.34. The first kappa shape index (κ1) is 15.9. The molecule has 1 fully saturated rings. The predicted molar refractivity (Wildman–Crippen MR) is 88.4 cm³/mol. The summed E-state index contributed by atoms with van der Waals surface area (Å²) in [7, 11) is 0. The molecule has 9 heteroatoms. The molecule has 8 nitrogen and oxygen atoms in total. The van der Waals surface area contributed by atoms with Gasteiger partial charge in [0.1, 0.15) is 12.0 Å². The Morgan fingerprint density at radius 3 is 2.92 bits per heavy atom. The van der Waals surface area contributed by atoms with Crippen molar-refractivity contribution in [2.24, 2.45) is 0 Å². The quantitative estimate of drug-likeness (QED) is 0.652. The Kier molecular flexibility index (Phi) is 4.41. The van der Waals surface area contributed by atoms with Gasteiger partial charge in [0, 0.05) is 19.1 Å². The zero-order valence-corrected chi connectivity index (χ0v) is 12.9. The number of rotatable bonds is 4. The van der Waals surface area contributed by atoms with E-state index >= 15 is 0 Å². The van der Waals surface area contributed by atoms with Crippen LogP contribution in [0.3, 0.4) is 0 Å². The van der Waals surface area contributed by atoms with Crippen LogP contribution in [0.4, 0.5) is 27.5 Å². The maximum atomic E-state index is 13.9. The fourth-order valence-corrected chi connectivity index (χ4v) is 2.80. The third-order valence-corrected chi connectivity index (χ3v) is 3.94. The van der Waals surface area contributed by atoms with Gasteiger partial charge in [-0.1, -0.05) is 12.1 Å². The van der Waals surface area contributed by atoms with E-state index in [9.17, 15) is 14.5 Å². The summed E-state index contributed by atoms with van der Waals surface area (Å²) < 4.78 is 13.9. The Morgan fingerprint density at radius 2 is 2.21 bits per heavy atom. The number of nitro groups is 1. The maximum Gasteiger partial charge on any atom is 0.329 e. The summed E-state index contributed by atoms with van der Waals surface area (Å²) in [5.74, 6) is -0.202. The number of nitrogens with one attached hydrogen (secondary N) is 1. The van der Waals surface area contributed by atoms with Crippen LogP contribution in [-0.2, 0) is 0 Å². The molecule has 0 saturated carbocycles. The molecule has 3 rings (SSSR count). The van der Waals surface area contributed by atoms with Gasteiger partial charge in [-0.25, -0.2) is 9.37 Å². The van der Waals surface area contributed by atoms with Gasteiger partial charge in [0.05, 0.1) is 10.6 Å². The summed E-state index contributed by atoms with van der Waals surface area (Å²) in [5, 5.41) is 13.9. The molecule has 1 atom stereocenters. The second kappa shape index (κ2) is 6.65. The largest absolute Gasteiger partial charge is 0.378 e. The van der Waals surface area contributed by atoms with Crippen LogP contribution in [0.2, 0.25) is 0 Å². The first-order valence-electron chi connectivity index (χ1n) is 7.57. The van der Waals surface area contributed by atoms with Crippen molar-refractivity contribution in [3.63, 3.8) is 0 Å². The molecule has 1 aromatic heterocycles. The summed E-state index contributed by atoms with van der Waals surface area (Å²) in [6, 6.07) is 6.64. The van der Waals surface area contributed by atoms with Crippen LogP contribution in [0.5, 0.6) is 0 Å². The predicted octanol–water partition coefficient (Wildman–Crippen LogP) is 2.19. The van der Waals surface area contributed by atoms with E-state index in [1.165, 1.54) is 6.07 Å². The lowest BCUT2D eigenvalue weighted by Crippen LogP contribution is -2.42. The van der Waals surface area contributed by atoms with Gasteiger partial charge in [0.2, 0.25) is 11.8 Å². The molecule has 1 aliphatic heterocycles. The Hall–Kier alpha value is -2.97. The number of piperidine rings is 1. The highest BCUT2D eigenvalue weighted by Crippen LogP contribution is 2.24. The minimum atomic E-state index is -0.625. The van der Waals surface area contributed by atoms with Crippen molar-refractivity contribution in [2.75, 3.05) is 29.0 Å². The minimum Gasteiger partial charge on any atom is -0.378 e. The molecule has 1 unspecified atom stereocenters. The van der Waals surface area contributed by atoms with Crippen molar-refractivity contribution in [2.45, 2.75) is 18.9 Å². The van der Waals surface area contributed by atoms with E-state index in [0.717, 1.165) is 25.6 Å². The van der Waals surface area contributed by atoms with E-state index in [1.807, 2.05) is 4.90 Å². The minimum absolute atomic E-state index is 0.000729. The molecule has 0 spiro atoms. The zero-order chi connectivity index (χ0) is 17.1. The van der Waals surface area contributed by atoms with Crippen LogP contribution < -0.4 is 16.0 Å². The number of halogens is 1. The average Bonchev–Trinajstić information content (AvgIpc) is 2.55. The molecule has 3 N–H and O–H groups in total. The SMILES string of the molecule is Nc1nc(NC2CCCN(c3ccccc3F)C2)ncc1[N+](=O)[O-]. The molecule has 0 radical (unpaired) electrons. The summed E-state index contributed by atoms with van der Waals surface area (Å²) in [5.41, 5.74) is 5.81. The number of hydrogen-bond donors (Lipinski definition) is 2. The van der Waals surface area contributed by atoms with Crippen LogP contribution in [0.1, 0.15) is 12.8 Å². The average molecular weight is 332 g/mol. The van der Waals surface area contributed by atoms with Crippen LogP contribution in [0, 0.1) is 15.9 Å². The van der Waals surface area contributed by atoms with Gasteiger partial charge < -0.3 is 16.0 Å². The van der Waals surface area contributed by atoms with E-state index in [-0.39, 0.29) is 29.3 Å². The summed E-state index contributed by atoms with van der Waals surface area (Å²) in [6.45, 7) is 1.35. The Bertz CT molecular complexity index is 756. The molecule has 126 valence electrons. The number of hydrogen-bond acceptors (Lipinski definition) is 7. The fraction of sp³-hybridized carbons (Fsp3) is 0.333. The van der Waals surface area contributed by atoms with Crippen LogP contribution in [-0.4, -0.2) is 34.0 Å². The Labute approximate surface area is 137 Å². The molecular formula is C15H17FN6O2. The first-order valence-corrected chi connectivity index (χ1v) is 7.57. The molecular weight excluding hydrogens is 315 g/mol. The smallest absolute Gasteiger partial charge is 0.329 e. The van der Waals surface area contributed by atoms with E-state index in [2.05, 4.69) is 15.3 Å². The number of anilines is 3. The summed E-state index contributed by atoms with van der Waals surface area (Å²) in [6.07, 6.45) is 2.84. The topological polar surface area (TPSA) is 110 Å². The molecule has 0 bridgehead atoms. The molecule has 0 aliphatic carbocycles. The lowest BCUT2D eigenvalue weighted by molar-refractivity contribution is -0.384. The van der Waals surface area contributed by atoms with E-state index < -0.39 is 4.92 Å². The lowest BCUT2D eigenvalue weighted by atomic mass is 10.0. The molecule has 0 amide bonds. The van der Waals surface area contributed by atoms with Gasteiger partial charge in [-0.15, -0.1) is 0 Å². The molecule has 1 aliphatic rings. The van der Waals surface area contributed by atoms with Gasteiger partial charge in [-0.2, -0.15) is 4.98 Å². The fourth-order valence-electron chi connectivity index (χ4n) is 2.80. The lowest BCUT2D eigenvalue weighted by Gasteiger charge is -2.34. The monoisotopic (exact) mass is 332 g/mol. The van der Waals surface area contributed by atoms with Crippen molar-refractivity contribution >= 4 is 23.1 Å². The molecule has 24 heavy (non-hydrogen) atoms. The van der Waals surface area contributed by atoms with Gasteiger partial charge in [-0.3, -0.25) is 10.1 Å². The number of benzene rings is 1. The number of nitrogen functional groups attached to an aromatic ring is 1. The standard InChI is InChI=1S/C15H17FN6O2/c16-11-5-1-2-6-12(11)21-7-3-4-10(9-21)19-15-18-8-13(22(23)24)14(17)20-15/h1-2,5-6,8,10H,3-4,7,9H2,(H3,17,18,19,20). The van der Waals surface area contributed by atoms with Gasteiger partial charge in [0.15, 0.2) is 0 Å². The van der Waals surface area contributed by atoms with E-state index in [4.69, 9.17) is 5.73 Å². The Morgan fingerprint density at radius 1 is 1.42 bits per heavy atom. The molecule has 1 aromatic carbocycles. The van der Waals surface area contributed by atoms with Crippen molar-refractivity contribution in [3.8, 4) is 0 Å². The number of nitrogens with zero attached hydrogens (tertiary/aromatic N) is 4. The van der Waals surface area contributed by atoms with Crippen LogP contribution in [0.15, 0.2) is 30.5 Å². The molecule has 2 aromatic rings. The second-order valence-electron chi connectivity index (χ2n) is 5.60. The highest BCUT2D eigenvalue weighted by Gasteiger charge is 2.23. The van der Waals surface area contributed by atoms with Crippen molar-refractivity contribution in [1.82, 2.24) is 9.97 Å². The number of para-hydroxylation sites is 1. The second-order valence-corrected chi connectivity index (χ2v) is 5.60.